The number of rotatable bonds is 6. The summed E-state index contributed by atoms with van der Waals surface area (Å²) in [4.78, 5) is 25.0. The van der Waals surface area contributed by atoms with Crippen LogP contribution in [0.5, 0.6) is 0 Å². The summed E-state index contributed by atoms with van der Waals surface area (Å²) in [5, 5.41) is 7.06. The number of carbonyl (C=O) groups is 2. The lowest BCUT2D eigenvalue weighted by atomic mass is 10.2. The van der Waals surface area contributed by atoms with Crippen molar-refractivity contribution in [2.45, 2.75) is 13.5 Å². The third-order valence-corrected chi connectivity index (χ3v) is 4.10. The minimum absolute atomic E-state index is 0.0987. The Labute approximate surface area is 164 Å². The highest BCUT2D eigenvalue weighted by molar-refractivity contribution is 5.92. The predicted molar refractivity (Wildman–Crippen MR) is 110 cm³/mol. The van der Waals surface area contributed by atoms with Gasteiger partial charge in [-0.05, 0) is 35.9 Å². The van der Waals surface area contributed by atoms with Crippen LogP contribution in [0.4, 0.5) is 5.69 Å². The van der Waals surface area contributed by atoms with Gasteiger partial charge in [-0.2, -0.15) is 5.10 Å². The second-order valence-electron chi connectivity index (χ2n) is 6.46. The molecule has 2 aromatic carbocycles. The van der Waals surface area contributed by atoms with Crippen LogP contribution in [-0.2, 0) is 16.1 Å². The van der Waals surface area contributed by atoms with Crippen LogP contribution < -0.4 is 5.32 Å². The van der Waals surface area contributed by atoms with Crippen molar-refractivity contribution >= 4 is 23.6 Å². The largest absolute Gasteiger partial charge is 0.338 e. The van der Waals surface area contributed by atoms with Gasteiger partial charge in [0.2, 0.25) is 11.8 Å². The Hall–Kier alpha value is -3.67. The van der Waals surface area contributed by atoms with Gasteiger partial charge in [0.1, 0.15) is 0 Å². The monoisotopic (exact) mass is 374 g/mol. The van der Waals surface area contributed by atoms with Crippen LogP contribution in [0.3, 0.4) is 0 Å². The molecule has 6 nitrogen and oxygen atoms in total. The van der Waals surface area contributed by atoms with Gasteiger partial charge in [-0.25, -0.2) is 4.68 Å². The summed E-state index contributed by atoms with van der Waals surface area (Å²) >= 11 is 0. The van der Waals surface area contributed by atoms with Crippen molar-refractivity contribution in [2.75, 3.05) is 12.4 Å². The van der Waals surface area contributed by atoms with E-state index in [1.54, 1.807) is 41.0 Å². The van der Waals surface area contributed by atoms with E-state index >= 15 is 0 Å². The molecule has 6 heteroatoms. The Morgan fingerprint density at radius 2 is 1.82 bits per heavy atom. The van der Waals surface area contributed by atoms with Gasteiger partial charge in [-0.3, -0.25) is 9.59 Å². The fraction of sp³-hybridized carbons (Fsp3) is 0.136. The quantitative estimate of drug-likeness (QED) is 0.672. The summed E-state index contributed by atoms with van der Waals surface area (Å²) in [6, 6.07) is 17.1. The minimum atomic E-state index is -0.115. The first-order valence-electron chi connectivity index (χ1n) is 8.91. The van der Waals surface area contributed by atoms with Crippen molar-refractivity contribution < 1.29 is 9.59 Å². The van der Waals surface area contributed by atoms with Crippen molar-refractivity contribution in [1.29, 1.82) is 0 Å². The van der Waals surface area contributed by atoms with Crippen LogP contribution in [0.1, 0.15) is 18.1 Å². The Morgan fingerprint density at radius 3 is 2.50 bits per heavy atom. The number of likely N-dealkylation sites (N-methyl/N-ethyl adjacent to an activating group) is 1. The maximum atomic E-state index is 12.4. The molecule has 142 valence electrons. The predicted octanol–water partition coefficient (Wildman–Crippen LogP) is 3.50. The molecular formula is C22H22N4O2. The molecule has 0 spiro atoms. The van der Waals surface area contributed by atoms with Crippen LogP contribution in [0.25, 0.3) is 11.8 Å². The van der Waals surface area contributed by atoms with E-state index in [2.05, 4.69) is 10.4 Å². The number of hydrogen-bond donors (Lipinski definition) is 1. The van der Waals surface area contributed by atoms with E-state index in [1.165, 1.54) is 13.0 Å². The van der Waals surface area contributed by atoms with Crippen molar-refractivity contribution in [3.63, 3.8) is 0 Å². The average Bonchev–Trinajstić information content (AvgIpc) is 3.16. The first-order valence-corrected chi connectivity index (χ1v) is 8.91. The molecule has 0 aliphatic heterocycles. The molecular weight excluding hydrogens is 352 g/mol. The molecule has 1 aromatic heterocycles. The maximum absolute atomic E-state index is 12.4. The minimum Gasteiger partial charge on any atom is -0.338 e. The van der Waals surface area contributed by atoms with Gasteiger partial charge in [0.15, 0.2) is 0 Å². The topological polar surface area (TPSA) is 67.2 Å². The van der Waals surface area contributed by atoms with Gasteiger partial charge >= 0.3 is 0 Å². The molecule has 0 fully saturated rings. The molecule has 0 atom stereocenters. The molecule has 0 unspecified atom stereocenters. The lowest BCUT2D eigenvalue weighted by molar-refractivity contribution is -0.125. The third-order valence-electron chi connectivity index (χ3n) is 4.10. The molecule has 1 N–H and O–H groups in total. The molecule has 1 heterocycles. The molecule has 0 aliphatic carbocycles. The van der Waals surface area contributed by atoms with Crippen LogP contribution in [0, 0.1) is 0 Å². The standard InChI is InChI=1S/C22H22N4O2/c1-17(27)24-20-11-8-18(9-12-20)10-13-22(28)25(2)15-19-14-23-26(16-19)21-6-4-3-5-7-21/h3-14,16H,15H2,1-2H3,(H,24,27)/b13-10+. The highest BCUT2D eigenvalue weighted by Crippen LogP contribution is 2.12. The lowest BCUT2D eigenvalue weighted by Crippen LogP contribution is -2.23. The van der Waals surface area contributed by atoms with E-state index in [0.717, 1.165) is 22.5 Å². The lowest BCUT2D eigenvalue weighted by Gasteiger charge is -2.13. The normalized spacial score (nSPS) is 10.8. The first-order chi connectivity index (χ1) is 13.5. The summed E-state index contributed by atoms with van der Waals surface area (Å²) in [6.07, 6.45) is 6.98. The van der Waals surface area contributed by atoms with Crippen molar-refractivity contribution in [3.05, 3.63) is 84.2 Å². The number of carbonyl (C=O) groups excluding carboxylic acids is 2. The third kappa shape index (κ3) is 5.17. The smallest absolute Gasteiger partial charge is 0.246 e. The number of aromatic nitrogens is 2. The Kier molecular flexibility index (Phi) is 6.01. The highest BCUT2D eigenvalue weighted by Gasteiger charge is 2.08. The number of hydrogen-bond acceptors (Lipinski definition) is 3. The fourth-order valence-electron chi connectivity index (χ4n) is 2.69. The molecule has 0 bridgehead atoms. The SMILES string of the molecule is CC(=O)Nc1ccc(/C=C/C(=O)N(C)Cc2cnn(-c3ccccc3)c2)cc1. The summed E-state index contributed by atoms with van der Waals surface area (Å²) in [5.41, 5.74) is 3.54. The fourth-order valence-corrected chi connectivity index (χ4v) is 2.69. The van der Waals surface area contributed by atoms with Gasteiger partial charge < -0.3 is 10.2 Å². The summed E-state index contributed by atoms with van der Waals surface area (Å²) < 4.78 is 1.79. The van der Waals surface area contributed by atoms with Gasteiger partial charge in [0.25, 0.3) is 0 Å². The second kappa shape index (κ2) is 8.81. The molecule has 3 rings (SSSR count). The van der Waals surface area contributed by atoms with E-state index in [1.807, 2.05) is 48.7 Å². The summed E-state index contributed by atoms with van der Waals surface area (Å²) in [6.45, 7) is 1.93. The van der Waals surface area contributed by atoms with Crippen molar-refractivity contribution in [1.82, 2.24) is 14.7 Å². The number of anilines is 1. The van der Waals surface area contributed by atoms with Crippen molar-refractivity contribution in [3.8, 4) is 5.69 Å². The highest BCUT2D eigenvalue weighted by atomic mass is 16.2. The van der Waals surface area contributed by atoms with Crippen LogP contribution in [-0.4, -0.2) is 33.5 Å². The molecule has 3 aromatic rings. The zero-order valence-corrected chi connectivity index (χ0v) is 15.9. The average molecular weight is 374 g/mol. The van der Waals surface area contributed by atoms with Gasteiger partial charge in [0, 0.05) is 44.0 Å². The van der Waals surface area contributed by atoms with Crippen LogP contribution in [0.2, 0.25) is 0 Å². The number of benzene rings is 2. The van der Waals surface area contributed by atoms with Crippen molar-refractivity contribution in [2.24, 2.45) is 0 Å². The van der Waals surface area contributed by atoms with E-state index in [-0.39, 0.29) is 11.8 Å². The molecule has 0 saturated carbocycles. The number of amides is 2. The van der Waals surface area contributed by atoms with Crippen LogP contribution in [0.15, 0.2) is 73.1 Å². The van der Waals surface area contributed by atoms with Gasteiger partial charge in [0.05, 0.1) is 11.9 Å². The zero-order valence-electron chi connectivity index (χ0n) is 15.9. The molecule has 0 radical (unpaired) electrons. The first kappa shape index (κ1) is 19.1. The van der Waals surface area contributed by atoms with E-state index < -0.39 is 0 Å². The summed E-state index contributed by atoms with van der Waals surface area (Å²) in [5.74, 6) is -0.214. The van der Waals surface area contributed by atoms with Gasteiger partial charge in [-0.1, -0.05) is 30.3 Å². The van der Waals surface area contributed by atoms with Crippen LogP contribution >= 0.6 is 0 Å². The molecule has 0 aliphatic rings. The Bertz CT molecular complexity index is 975. The Morgan fingerprint density at radius 1 is 1.11 bits per heavy atom. The summed E-state index contributed by atoms with van der Waals surface area (Å²) in [7, 11) is 1.76. The maximum Gasteiger partial charge on any atom is 0.246 e. The second-order valence-corrected chi connectivity index (χ2v) is 6.46. The number of nitrogens with one attached hydrogen (secondary N) is 1. The zero-order chi connectivity index (χ0) is 19.9. The van der Waals surface area contributed by atoms with Gasteiger partial charge in [-0.15, -0.1) is 0 Å². The molecule has 2 amide bonds. The molecule has 0 saturated heterocycles. The van der Waals surface area contributed by atoms with E-state index in [0.29, 0.717) is 6.54 Å². The van der Waals surface area contributed by atoms with E-state index in [4.69, 9.17) is 0 Å². The number of nitrogens with zero attached hydrogens (tertiary/aromatic N) is 3. The molecule has 28 heavy (non-hydrogen) atoms. The number of para-hydroxylation sites is 1. The Balaban J connectivity index is 1.58. The van der Waals surface area contributed by atoms with E-state index in [9.17, 15) is 9.59 Å².